The first-order valence-electron chi connectivity index (χ1n) is 14.2. The molecule has 202 valence electrons. The van der Waals surface area contributed by atoms with Crippen LogP contribution in [0.5, 0.6) is 0 Å². The van der Waals surface area contributed by atoms with Gasteiger partial charge in [-0.3, -0.25) is 0 Å². The van der Waals surface area contributed by atoms with Crippen molar-refractivity contribution in [3.8, 4) is 0 Å². The summed E-state index contributed by atoms with van der Waals surface area (Å²) in [6.45, 7) is 16.7. The SMILES string of the molecule is CC[Si](CC)(CC)[C]1([Sn]([CH3])([CH3])[CH3])C([Si](C)(C)C)CCN(c2ccccn2)C1(c1ccco1)c1cccs1. The second-order valence-electron chi connectivity index (χ2n) is 13.1. The Hall–Kier alpha value is -0.838. The fourth-order valence-electron chi connectivity index (χ4n) is 8.94. The first kappa shape index (κ1) is 29.2. The third-order valence-corrected chi connectivity index (χ3v) is 39.6. The van der Waals surface area contributed by atoms with Crippen molar-refractivity contribution in [1.29, 1.82) is 0 Å². The molecule has 7 heteroatoms. The van der Waals surface area contributed by atoms with Crippen LogP contribution in [-0.4, -0.2) is 46.1 Å². The Balaban J connectivity index is 2.33. The topological polar surface area (TPSA) is 29.3 Å². The summed E-state index contributed by atoms with van der Waals surface area (Å²) in [5.41, 5.74) is 0.416. The molecule has 0 radical (unpaired) electrons. The Morgan fingerprint density at radius 1 is 1.00 bits per heavy atom. The first-order chi connectivity index (χ1) is 17.5. The Labute approximate surface area is 236 Å². The molecule has 0 aromatic carbocycles. The van der Waals surface area contributed by atoms with Gasteiger partial charge in [0.05, 0.1) is 0 Å². The summed E-state index contributed by atoms with van der Waals surface area (Å²) in [5, 5.41) is 2.30. The maximum atomic E-state index is 6.70. The van der Waals surface area contributed by atoms with Crippen LogP contribution in [0.2, 0.25) is 61.2 Å². The predicted octanol–water partition coefficient (Wildman–Crippen LogP) is 9.72. The number of rotatable bonds is 9. The van der Waals surface area contributed by atoms with Gasteiger partial charge in [0.25, 0.3) is 0 Å². The first-order valence-corrected chi connectivity index (χ1v) is 31.3. The monoisotopic (exact) mass is 660 g/mol. The summed E-state index contributed by atoms with van der Waals surface area (Å²) in [6.07, 6.45) is 5.17. The minimum atomic E-state index is -2.93. The molecule has 0 bridgehead atoms. The average Bonchev–Trinajstić information content (AvgIpc) is 3.59. The number of anilines is 1. The summed E-state index contributed by atoms with van der Waals surface area (Å²) < 4.78 is 6.93. The number of piperidine rings is 1. The average molecular weight is 660 g/mol. The molecule has 3 unspecified atom stereocenters. The molecule has 3 nitrogen and oxygen atoms in total. The van der Waals surface area contributed by atoms with E-state index in [-0.39, 0.29) is 8.59 Å². The van der Waals surface area contributed by atoms with Crippen molar-refractivity contribution in [2.75, 3.05) is 11.4 Å². The van der Waals surface area contributed by atoms with Crippen molar-refractivity contribution >= 4 is 51.7 Å². The molecule has 0 saturated carbocycles. The molecule has 1 aliphatic heterocycles. The van der Waals surface area contributed by atoms with Crippen LogP contribution >= 0.6 is 11.3 Å². The van der Waals surface area contributed by atoms with Crippen LogP contribution in [0.15, 0.2) is 64.7 Å². The number of aromatic nitrogens is 1. The number of hydrogen-bond acceptors (Lipinski definition) is 4. The molecule has 4 heterocycles. The van der Waals surface area contributed by atoms with Gasteiger partial charge in [0.1, 0.15) is 0 Å². The van der Waals surface area contributed by atoms with E-state index in [4.69, 9.17) is 9.40 Å². The maximum absolute atomic E-state index is 6.70. The van der Waals surface area contributed by atoms with Crippen molar-refractivity contribution in [2.45, 2.75) is 93.9 Å². The normalized spacial score (nSPS) is 25.4. The van der Waals surface area contributed by atoms with E-state index >= 15 is 0 Å². The van der Waals surface area contributed by atoms with Crippen LogP contribution in [0.3, 0.4) is 0 Å². The van der Waals surface area contributed by atoms with Crippen LogP contribution < -0.4 is 4.90 Å². The Morgan fingerprint density at radius 3 is 2.16 bits per heavy atom. The van der Waals surface area contributed by atoms with Gasteiger partial charge in [-0.2, -0.15) is 0 Å². The van der Waals surface area contributed by atoms with Crippen LogP contribution in [0.4, 0.5) is 5.82 Å². The zero-order chi connectivity index (χ0) is 27.1. The van der Waals surface area contributed by atoms with E-state index in [0.717, 1.165) is 23.7 Å². The Bertz CT molecular complexity index is 1090. The fourth-order valence-corrected chi connectivity index (χ4v) is 54.2. The summed E-state index contributed by atoms with van der Waals surface area (Å²) in [7, 11) is -3.49. The standard InChI is InChI=1S/C27H39N2OSSi2.3CH3.Sn/c1-7-33(8-2,9-3)26-22(32(4,5)6)17-19-29(25-16-10-11-18-28-25)27(26,23-14-12-20-30-23)24-15-13-21-31-24;;;;/h10-16,18,20-22H,7-9,17,19H2,1-6H3;3*1H3;. The Morgan fingerprint density at radius 2 is 1.70 bits per heavy atom. The van der Waals surface area contributed by atoms with Crippen molar-refractivity contribution in [1.82, 2.24) is 4.98 Å². The molecule has 1 fully saturated rings. The predicted molar refractivity (Wildman–Crippen MR) is 170 cm³/mol. The van der Waals surface area contributed by atoms with E-state index in [1.54, 1.807) is 0 Å². The number of nitrogens with zero attached hydrogens (tertiary/aromatic N) is 2. The molecule has 4 rings (SSSR count). The molecule has 0 spiro atoms. The van der Waals surface area contributed by atoms with Crippen LogP contribution in [-0.2, 0) is 5.54 Å². The van der Waals surface area contributed by atoms with Crippen LogP contribution in [0, 0.1) is 0 Å². The molecule has 0 N–H and O–H groups in total. The van der Waals surface area contributed by atoms with Gasteiger partial charge >= 0.3 is 237 Å². The quantitative estimate of drug-likeness (QED) is 0.214. The van der Waals surface area contributed by atoms with E-state index in [2.05, 4.69) is 108 Å². The van der Waals surface area contributed by atoms with Gasteiger partial charge in [-0.25, -0.2) is 0 Å². The van der Waals surface area contributed by atoms with E-state index in [9.17, 15) is 0 Å². The molecule has 3 aromatic rings. The zero-order valence-corrected chi connectivity index (χ0v) is 30.3. The molecule has 1 aliphatic rings. The second-order valence-corrected chi connectivity index (χ2v) is 41.5. The summed E-state index contributed by atoms with van der Waals surface area (Å²) in [4.78, 5) is 17.6. The van der Waals surface area contributed by atoms with E-state index in [0.29, 0.717) is 0 Å². The molecule has 0 amide bonds. The molecule has 3 aromatic heterocycles. The number of thiophene rings is 1. The van der Waals surface area contributed by atoms with Crippen molar-refractivity contribution < 1.29 is 4.42 Å². The van der Waals surface area contributed by atoms with Gasteiger partial charge in [0.15, 0.2) is 0 Å². The molecule has 37 heavy (non-hydrogen) atoms. The minimum absolute atomic E-state index is 0.232. The van der Waals surface area contributed by atoms with Crippen molar-refractivity contribution in [2.24, 2.45) is 0 Å². The fraction of sp³-hybridized carbons (Fsp3) is 0.567. The third kappa shape index (κ3) is 4.18. The number of pyridine rings is 1. The Kier molecular flexibility index (Phi) is 8.37. The zero-order valence-electron chi connectivity index (χ0n) is 24.6. The van der Waals surface area contributed by atoms with Gasteiger partial charge in [-0.05, 0) is 0 Å². The van der Waals surface area contributed by atoms with Gasteiger partial charge in [0, 0.05) is 0 Å². The molecule has 3 atom stereocenters. The second kappa shape index (κ2) is 10.6. The van der Waals surface area contributed by atoms with Crippen molar-refractivity contribution in [3.05, 3.63) is 70.9 Å². The molecule has 1 saturated heterocycles. The van der Waals surface area contributed by atoms with Gasteiger partial charge in [0.2, 0.25) is 0 Å². The van der Waals surface area contributed by atoms with Gasteiger partial charge in [-0.1, -0.05) is 0 Å². The van der Waals surface area contributed by atoms with Gasteiger partial charge < -0.3 is 0 Å². The number of furan rings is 1. The van der Waals surface area contributed by atoms with E-state index in [1.165, 1.54) is 29.4 Å². The molecule has 0 aliphatic carbocycles. The molecular weight excluding hydrogens is 611 g/mol. The summed E-state index contributed by atoms with van der Waals surface area (Å²) >= 11 is -0.987. The van der Waals surface area contributed by atoms with E-state index in [1.807, 2.05) is 23.8 Å². The van der Waals surface area contributed by atoms with Crippen LogP contribution in [0.25, 0.3) is 0 Å². The van der Waals surface area contributed by atoms with E-state index < -0.39 is 34.5 Å². The molecular formula is C30H48N2OSSi2Sn. The van der Waals surface area contributed by atoms with Gasteiger partial charge in [-0.15, -0.1) is 0 Å². The summed E-state index contributed by atoms with van der Waals surface area (Å²) in [6, 6.07) is 19.6. The number of hydrogen-bond donors (Lipinski definition) is 0. The van der Waals surface area contributed by atoms with Crippen LogP contribution in [0.1, 0.15) is 37.8 Å². The summed E-state index contributed by atoms with van der Waals surface area (Å²) in [5.74, 6) is 2.26. The third-order valence-electron chi connectivity index (χ3n) is 9.92. The van der Waals surface area contributed by atoms with Crippen molar-refractivity contribution in [3.63, 3.8) is 0 Å².